The molecule has 1 amide bonds. The standard InChI is InChI=1S/C10H11BrN2O3S/c1-10(2)9(14)13(17(10,15)16)8-4-3-6(11)5-7(8)12/h3-5H,12H2,1-2H3. The van der Waals surface area contributed by atoms with E-state index in [1.165, 1.54) is 19.9 Å². The largest absolute Gasteiger partial charge is 0.397 e. The molecule has 0 bridgehead atoms. The third-order valence-corrected chi connectivity index (χ3v) is 5.59. The summed E-state index contributed by atoms with van der Waals surface area (Å²) in [4.78, 5) is 11.8. The summed E-state index contributed by atoms with van der Waals surface area (Å²) in [6, 6.07) is 4.70. The van der Waals surface area contributed by atoms with Gasteiger partial charge >= 0.3 is 0 Å². The second kappa shape index (κ2) is 3.46. The number of hydrogen-bond acceptors (Lipinski definition) is 4. The van der Waals surface area contributed by atoms with Gasteiger partial charge in [0.15, 0.2) is 4.75 Å². The van der Waals surface area contributed by atoms with Crippen LogP contribution >= 0.6 is 15.9 Å². The summed E-state index contributed by atoms with van der Waals surface area (Å²) >= 11 is 3.22. The molecule has 1 saturated heterocycles. The zero-order valence-electron chi connectivity index (χ0n) is 9.27. The molecule has 0 saturated carbocycles. The fourth-order valence-electron chi connectivity index (χ4n) is 1.60. The average molecular weight is 319 g/mol. The van der Waals surface area contributed by atoms with Crippen molar-refractivity contribution in [2.45, 2.75) is 18.6 Å². The molecule has 17 heavy (non-hydrogen) atoms. The molecular formula is C10H11BrN2O3S. The maximum absolute atomic E-state index is 12.0. The van der Waals surface area contributed by atoms with Crippen LogP contribution in [0.25, 0.3) is 0 Å². The van der Waals surface area contributed by atoms with E-state index in [9.17, 15) is 13.2 Å². The first-order valence-electron chi connectivity index (χ1n) is 4.84. The van der Waals surface area contributed by atoms with E-state index >= 15 is 0 Å². The molecule has 0 aromatic heterocycles. The van der Waals surface area contributed by atoms with Gasteiger partial charge in [-0.15, -0.1) is 0 Å². The lowest BCUT2D eigenvalue weighted by atomic mass is 10.1. The Balaban J connectivity index is 2.55. The van der Waals surface area contributed by atoms with E-state index in [0.717, 1.165) is 8.78 Å². The molecular weight excluding hydrogens is 308 g/mol. The van der Waals surface area contributed by atoms with Gasteiger partial charge < -0.3 is 5.73 Å². The van der Waals surface area contributed by atoms with Crippen molar-refractivity contribution in [3.8, 4) is 0 Å². The van der Waals surface area contributed by atoms with Crippen LogP contribution in [-0.2, 0) is 14.8 Å². The summed E-state index contributed by atoms with van der Waals surface area (Å²) in [6.07, 6.45) is 0. The van der Waals surface area contributed by atoms with Gasteiger partial charge in [0, 0.05) is 4.47 Å². The molecule has 1 aliphatic heterocycles. The number of carbonyl (C=O) groups is 1. The lowest BCUT2D eigenvalue weighted by molar-refractivity contribution is -0.120. The monoisotopic (exact) mass is 318 g/mol. The van der Waals surface area contributed by atoms with E-state index in [-0.39, 0.29) is 11.4 Å². The van der Waals surface area contributed by atoms with E-state index in [0.29, 0.717) is 0 Å². The molecule has 0 aliphatic carbocycles. The fraction of sp³-hybridized carbons (Fsp3) is 0.300. The van der Waals surface area contributed by atoms with Crippen LogP contribution in [0.3, 0.4) is 0 Å². The van der Waals surface area contributed by atoms with E-state index in [4.69, 9.17) is 5.73 Å². The van der Waals surface area contributed by atoms with Crippen molar-refractivity contribution < 1.29 is 13.2 Å². The zero-order chi connectivity index (χ0) is 13.0. The molecule has 1 aliphatic rings. The second-order valence-electron chi connectivity index (χ2n) is 4.29. The molecule has 5 nitrogen and oxygen atoms in total. The molecule has 92 valence electrons. The van der Waals surface area contributed by atoms with Gasteiger partial charge in [-0.25, -0.2) is 12.7 Å². The molecule has 1 aromatic rings. The summed E-state index contributed by atoms with van der Waals surface area (Å²) in [5.41, 5.74) is 6.16. The molecule has 1 aromatic carbocycles. The van der Waals surface area contributed by atoms with Gasteiger partial charge in [0.05, 0.1) is 11.4 Å². The Morgan fingerprint density at radius 1 is 1.35 bits per heavy atom. The maximum Gasteiger partial charge on any atom is 0.263 e. The first-order valence-corrected chi connectivity index (χ1v) is 7.07. The molecule has 1 heterocycles. The van der Waals surface area contributed by atoms with Crippen molar-refractivity contribution in [1.82, 2.24) is 0 Å². The molecule has 0 unspecified atom stereocenters. The van der Waals surface area contributed by atoms with Crippen molar-refractivity contribution in [2.24, 2.45) is 0 Å². The Bertz CT molecular complexity index is 610. The number of nitrogens with zero attached hydrogens (tertiary/aromatic N) is 1. The minimum atomic E-state index is -3.65. The van der Waals surface area contributed by atoms with Gasteiger partial charge in [-0.2, -0.15) is 0 Å². The van der Waals surface area contributed by atoms with Gasteiger partial charge in [-0.3, -0.25) is 4.79 Å². The SMILES string of the molecule is CC1(C)C(=O)N(c2ccc(Br)cc2N)S1(=O)=O. The highest BCUT2D eigenvalue weighted by Gasteiger charge is 2.61. The molecule has 7 heteroatoms. The molecule has 1 fully saturated rings. The highest BCUT2D eigenvalue weighted by molar-refractivity contribution is 9.10. The van der Waals surface area contributed by atoms with Crippen LogP contribution in [0.1, 0.15) is 13.8 Å². The Labute approximate surface area is 108 Å². The van der Waals surface area contributed by atoms with Crippen LogP contribution in [0.4, 0.5) is 11.4 Å². The third kappa shape index (κ3) is 1.49. The molecule has 0 spiro atoms. The highest BCUT2D eigenvalue weighted by atomic mass is 79.9. The highest BCUT2D eigenvalue weighted by Crippen LogP contribution is 2.41. The van der Waals surface area contributed by atoms with E-state index in [2.05, 4.69) is 15.9 Å². The number of sulfonamides is 1. The van der Waals surface area contributed by atoms with E-state index in [1.54, 1.807) is 12.1 Å². The van der Waals surface area contributed by atoms with Crippen molar-refractivity contribution in [2.75, 3.05) is 10.0 Å². The summed E-state index contributed by atoms with van der Waals surface area (Å²) in [7, 11) is -3.65. The number of halogens is 1. The average Bonchev–Trinajstić information content (AvgIpc) is 2.21. The number of rotatable bonds is 1. The normalized spacial score (nSPS) is 21.1. The number of anilines is 2. The summed E-state index contributed by atoms with van der Waals surface area (Å²) in [5.74, 6) is -0.466. The van der Waals surface area contributed by atoms with Crippen LogP contribution in [0.5, 0.6) is 0 Å². The van der Waals surface area contributed by atoms with Crippen LogP contribution in [-0.4, -0.2) is 19.1 Å². The van der Waals surface area contributed by atoms with Gasteiger partial charge in [0.2, 0.25) is 0 Å². The van der Waals surface area contributed by atoms with E-state index in [1.807, 2.05) is 0 Å². The number of hydrogen-bond donors (Lipinski definition) is 1. The lowest BCUT2D eigenvalue weighted by Gasteiger charge is -2.43. The summed E-state index contributed by atoms with van der Waals surface area (Å²) in [5, 5.41) is 0. The maximum atomic E-state index is 12.0. The molecule has 0 atom stereocenters. The predicted molar refractivity (Wildman–Crippen MR) is 69.0 cm³/mol. The lowest BCUT2D eigenvalue weighted by Crippen LogP contribution is -2.67. The van der Waals surface area contributed by atoms with Crippen LogP contribution in [0.2, 0.25) is 0 Å². The first kappa shape index (κ1) is 12.4. The smallest absolute Gasteiger partial charge is 0.263 e. The minimum absolute atomic E-state index is 0.206. The van der Waals surface area contributed by atoms with Crippen molar-refractivity contribution in [3.05, 3.63) is 22.7 Å². The number of benzene rings is 1. The van der Waals surface area contributed by atoms with Gasteiger partial charge in [0.25, 0.3) is 15.9 Å². The second-order valence-corrected chi connectivity index (χ2v) is 7.54. The van der Waals surface area contributed by atoms with Crippen LogP contribution in [0, 0.1) is 0 Å². The van der Waals surface area contributed by atoms with E-state index < -0.39 is 20.7 Å². The Hall–Kier alpha value is -1.08. The topological polar surface area (TPSA) is 80.5 Å². The fourth-order valence-corrected chi connectivity index (χ4v) is 3.49. The van der Waals surface area contributed by atoms with Crippen LogP contribution < -0.4 is 10.0 Å². The van der Waals surface area contributed by atoms with Crippen molar-refractivity contribution in [3.63, 3.8) is 0 Å². The molecule has 2 N–H and O–H groups in total. The van der Waals surface area contributed by atoms with Crippen molar-refractivity contribution >= 4 is 43.2 Å². The van der Waals surface area contributed by atoms with Gasteiger partial charge in [-0.05, 0) is 32.0 Å². The Kier molecular flexibility index (Phi) is 2.52. The number of amides is 1. The first-order chi connectivity index (χ1) is 7.69. The predicted octanol–water partition coefficient (Wildman–Crippen LogP) is 1.49. The minimum Gasteiger partial charge on any atom is -0.397 e. The van der Waals surface area contributed by atoms with Crippen LogP contribution in [0.15, 0.2) is 22.7 Å². The van der Waals surface area contributed by atoms with Crippen molar-refractivity contribution in [1.29, 1.82) is 0 Å². The number of nitrogen functional groups attached to an aromatic ring is 1. The third-order valence-electron chi connectivity index (χ3n) is 2.79. The summed E-state index contributed by atoms with van der Waals surface area (Å²) in [6.45, 7) is 2.77. The number of carbonyl (C=O) groups excluding carboxylic acids is 1. The van der Waals surface area contributed by atoms with Gasteiger partial charge in [0.1, 0.15) is 0 Å². The number of nitrogens with two attached hydrogens (primary N) is 1. The quantitative estimate of drug-likeness (QED) is 0.795. The molecule has 0 radical (unpaired) electrons. The zero-order valence-corrected chi connectivity index (χ0v) is 11.7. The summed E-state index contributed by atoms with van der Waals surface area (Å²) < 4.78 is 24.0. The Morgan fingerprint density at radius 2 is 1.94 bits per heavy atom. The molecule has 2 rings (SSSR count). The Morgan fingerprint density at radius 3 is 2.41 bits per heavy atom. The van der Waals surface area contributed by atoms with Gasteiger partial charge in [-0.1, -0.05) is 15.9 Å².